The van der Waals surface area contributed by atoms with Crippen LogP contribution in [0.25, 0.3) is 27.4 Å². The topological polar surface area (TPSA) is 79.3 Å². The predicted octanol–water partition coefficient (Wildman–Crippen LogP) is 3.77. The number of rotatable bonds is 6. The van der Waals surface area contributed by atoms with Crippen LogP contribution >= 0.6 is 0 Å². The lowest BCUT2D eigenvalue weighted by atomic mass is 10.0. The standard InChI is InChI=1S/C32H35N5O4/c1-34-13-15-35(16-14-34)12-4-11-33-26-9-8-24-29-31(26)41-27-10-7-22-5-2-3-6-23(22)28(27)37(29)21-25(30(24)38)32(39)36-17-19-40-20-18-36/h2-3,5-10,21,33H,4,11-20H2,1H3. The van der Waals surface area contributed by atoms with E-state index < -0.39 is 0 Å². The number of anilines is 1. The van der Waals surface area contributed by atoms with Crippen molar-refractivity contribution >= 4 is 33.3 Å². The van der Waals surface area contributed by atoms with Crippen LogP contribution in [0, 0.1) is 0 Å². The van der Waals surface area contributed by atoms with Crippen molar-refractivity contribution in [1.29, 1.82) is 0 Å². The Balaban J connectivity index is 1.29. The third-order valence-electron chi connectivity index (χ3n) is 8.53. The van der Waals surface area contributed by atoms with E-state index in [1.807, 2.05) is 41.0 Å². The number of morpholine rings is 1. The van der Waals surface area contributed by atoms with Gasteiger partial charge in [0.05, 0.1) is 30.0 Å². The number of pyridine rings is 1. The molecule has 0 saturated carbocycles. The maximum absolute atomic E-state index is 13.8. The first-order chi connectivity index (χ1) is 20.1. The largest absolute Gasteiger partial charge is 0.451 e. The molecule has 3 aliphatic heterocycles. The van der Waals surface area contributed by atoms with Gasteiger partial charge in [-0.05, 0) is 43.6 Å². The summed E-state index contributed by atoms with van der Waals surface area (Å²) in [6.07, 6.45) is 2.72. The van der Waals surface area contributed by atoms with Gasteiger partial charge in [0.2, 0.25) is 5.43 Å². The van der Waals surface area contributed by atoms with E-state index in [-0.39, 0.29) is 16.9 Å². The lowest BCUT2D eigenvalue weighted by molar-refractivity contribution is 0.0302. The summed E-state index contributed by atoms with van der Waals surface area (Å²) >= 11 is 0. The fourth-order valence-corrected chi connectivity index (χ4v) is 6.17. The fraction of sp³-hybridized carbons (Fsp3) is 0.375. The molecule has 0 spiro atoms. The lowest BCUT2D eigenvalue weighted by Gasteiger charge is -2.32. The third kappa shape index (κ3) is 4.73. The van der Waals surface area contributed by atoms with E-state index in [0.717, 1.165) is 67.8 Å². The van der Waals surface area contributed by atoms with Crippen molar-refractivity contribution in [2.45, 2.75) is 6.42 Å². The summed E-state index contributed by atoms with van der Waals surface area (Å²) in [6.45, 7) is 8.14. The number of hydrogen-bond donors (Lipinski definition) is 1. The van der Waals surface area contributed by atoms with Crippen LogP contribution in [0.3, 0.4) is 0 Å². The summed E-state index contributed by atoms with van der Waals surface area (Å²) in [4.78, 5) is 34.0. The summed E-state index contributed by atoms with van der Waals surface area (Å²) in [6, 6.07) is 15.9. The van der Waals surface area contributed by atoms with E-state index in [4.69, 9.17) is 9.47 Å². The highest BCUT2D eigenvalue weighted by atomic mass is 16.5. The molecule has 9 heteroatoms. The van der Waals surface area contributed by atoms with Gasteiger partial charge in [0.25, 0.3) is 5.91 Å². The molecule has 212 valence electrons. The molecule has 2 fully saturated rings. The Hall–Kier alpha value is -3.92. The van der Waals surface area contributed by atoms with Crippen LogP contribution in [0.15, 0.2) is 59.5 Å². The normalized spacial score (nSPS) is 17.4. The number of likely N-dealkylation sites (N-methyl/N-ethyl adjacent to an activating group) is 1. The van der Waals surface area contributed by atoms with E-state index >= 15 is 0 Å². The van der Waals surface area contributed by atoms with Crippen molar-refractivity contribution in [3.63, 3.8) is 0 Å². The summed E-state index contributed by atoms with van der Waals surface area (Å²) in [7, 11) is 2.17. The number of nitrogens with zero attached hydrogens (tertiary/aromatic N) is 4. The Labute approximate surface area is 238 Å². The minimum Gasteiger partial charge on any atom is -0.451 e. The number of hydrogen-bond acceptors (Lipinski definition) is 7. The van der Waals surface area contributed by atoms with Crippen molar-refractivity contribution in [1.82, 2.24) is 19.3 Å². The number of amides is 1. The van der Waals surface area contributed by atoms with Gasteiger partial charge in [0, 0.05) is 57.4 Å². The fourth-order valence-electron chi connectivity index (χ4n) is 6.17. The monoisotopic (exact) mass is 553 g/mol. The predicted molar refractivity (Wildman–Crippen MR) is 161 cm³/mol. The van der Waals surface area contributed by atoms with Crippen LogP contribution in [-0.4, -0.2) is 97.8 Å². The SMILES string of the molecule is CN1CCN(CCCNc2ccc3c(=O)c(C(=O)N4CCOCC4)cn4c3c2Oc2ccc3ccccc3c2-4)CC1. The Morgan fingerprint density at radius 1 is 0.927 bits per heavy atom. The quantitative estimate of drug-likeness (QED) is 0.321. The molecule has 41 heavy (non-hydrogen) atoms. The van der Waals surface area contributed by atoms with E-state index in [0.29, 0.717) is 48.7 Å². The summed E-state index contributed by atoms with van der Waals surface area (Å²) in [5, 5.41) is 6.10. The van der Waals surface area contributed by atoms with Gasteiger partial charge in [-0.15, -0.1) is 0 Å². The number of carbonyl (C=O) groups excluding carboxylic acids is 1. The van der Waals surface area contributed by atoms with Crippen molar-refractivity contribution < 1.29 is 14.3 Å². The highest BCUT2D eigenvalue weighted by Gasteiger charge is 2.29. The minimum absolute atomic E-state index is 0.166. The molecule has 4 aromatic rings. The summed E-state index contributed by atoms with van der Waals surface area (Å²) in [5.41, 5.74) is 2.25. The van der Waals surface area contributed by atoms with Crippen molar-refractivity contribution in [2.24, 2.45) is 0 Å². The number of piperazine rings is 1. The first-order valence-electron chi connectivity index (χ1n) is 14.5. The molecule has 2 saturated heterocycles. The number of fused-ring (bicyclic) bond motifs is 4. The number of aromatic nitrogens is 1. The van der Waals surface area contributed by atoms with Gasteiger partial charge in [0.1, 0.15) is 11.1 Å². The van der Waals surface area contributed by atoms with Gasteiger partial charge in [-0.25, -0.2) is 0 Å². The van der Waals surface area contributed by atoms with E-state index in [1.165, 1.54) is 0 Å². The molecule has 0 bridgehead atoms. The number of carbonyl (C=O) groups is 1. The zero-order chi connectivity index (χ0) is 27.9. The molecule has 9 nitrogen and oxygen atoms in total. The molecular formula is C32H35N5O4. The van der Waals surface area contributed by atoms with Gasteiger partial charge in [0.15, 0.2) is 11.5 Å². The molecule has 0 atom stereocenters. The summed E-state index contributed by atoms with van der Waals surface area (Å²) in [5.74, 6) is 1.05. The van der Waals surface area contributed by atoms with Gasteiger partial charge in [-0.3, -0.25) is 9.59 Å². The van der Waals surface area contributed by atoms with Gasteiger partial charge < -0.3 is 34.1 Å². The maximum atomic E-state index is 13.8. The number of benzene rings is 3. The molecule has 1 amide bonds. The molecule has 4 heterocycles. The molecule has 0 radical (unpaired) electrons. The molecule has 1 aromatic heterocycles. The maximum Gasteiger partial charge on any atom is 0.259 e. The van der Waals surface area contributed by atoms with Crippen LogP contribution in [0.5, 0.6) is 11.5 Å². The Bertz CT molecular complexity index is 1690. The van der Waals surface area contributed by atoms with Crippen LogP contribution < -0.4 is 15.5 Å². The van der Waals surface area contributed by atoms with Gasteiger partial charge in [-0.2, -0.15) is 0 Å². The van der Waals surface area contributed by atoms with E-state index in [1.54, 1.807) is 11.1 Å². The second kappa shape index (κ2) is 10.8. The van der Waals surface area contributed by atoms with Crippen molar-refractivity contribution in [2.75, 3.05) is 77.9 Å². The molecule has 3 aliphatic rings. The van der Waals surface area contributed by atoms with Gasteiger partial charge >= 0.3 is 0 Å². The van der Waals surface area contributed by atoms with Crippen molar-refractivity contribution in [3.05, 3.63) is 70.5 Å². The third-order valence-corrected chi connectivity index (χ3v) is 8.53. The first-order valence-corrected chi connectivity index (χ1v) is 14.5. The Morgan fingerprint density at radius 2 is 1.73 bits per heavy atom. The lowest BCUT2D eigenvalue weighted by Crippen LogP contribution is -2.44. The van der Waals surface area contributed by atoms with Crippen molar-refractivity contribution in [3.8, 4) is 17.2 Å². The molecule has 1 N–H and O–H groups in total. The Morgan fingerprint density at radius 3 is 2.56 bits per heavy atom. The van der Waals surface area contributed by atoms with Gasteiger partial charge in [-0.1, -0.05) is 30.3 Å². The molecule has 0 aliphatic carbocycles. The molecular weight excluding hydrogens is 518 g/mol. The molecule has 3 aromatic carbocycles. The highest BCUT2D eigenvalue weighted by Crippen LogP contribution is 2.46. The zero-order valence-electron chi connectivity index (χ0n) is 23.4. The van der Waals surface area contributed by atoms with E-state index in [2.05, 4.69) is 34.3 Å². The summed E-state index contributed by atoms with van der Waals surface area (Å²) < 4.78 is 14.0. The van der Waals surface area contributed by atoms with E-state index in [9.17, 15) is 9.59 Å². The number of ether oxygens (including phenoxy) is 2. The highest BCUT2D eigenvalue weighted by molar-refractivity contribution is 6.03. The molecule has 0 unspecified atom stereocenters. The second-order valence-electron chi connectivity index (χ2n) is 11.1. The van der Waals surface area contributed by atoms with Crippen LogP contribution in [-0.2, 0) is 4.74 Å². The minimum atomic E-state index is -0.275. The first kappa shape index (κ1) is 26.0. The second-order valence-corrected chi connectivity index (χ2v) is 11.1. The smallest absolute Gasteiger partial charge is 0.259 e. The van der Waals surface area contributed by atoms with Crippen LogP contribution in [0.4, 0.5) is 5.69 Å². The zero-order valence-corrected chi connectivity index (χ0v) is 23.4. The van der Waals surface area contributed by atoms with Crippen LogP contribution in [0.2, 0.25) is 0 Å². The number of nitrogens with one attached hydrogen (secondary N) is 1. The molecule has 7 rings (SSSR count). The Kier molecular flexibility index (Phi) is 6.86. The van der Waals surface area contributed by atoms with Crippen LogP contribution in [0.1, 0.15) is 16.8 Å². The average Bonchev–Trinajstić information content (AvgIpc) is 3.01. The average molecular weight is 554 g/mol.